The highest BCUT2D eigenvalue weighted by Gasteiger charge is 2.28. The van der Waals surface area contributed by atoms with Gasteiger partial charge in [0.25, 0.3) is 0 Å². The van der Waals surface area contributed by atoms with Crippen LogP contribution in [-0.4, -0.2) is 29.2 Å². The predicted molar refractivity (Wildman–Crippen MR) is 78.0 cm³/mol. The monoisotopic (exact) mass is 312 g/mol. The summed E-state index contributed by atoms with van der Waals surface area (Å²) in [5.74, 6) is 0. The second kappa shape index (κ2) is 5.36. The average Bonchev–Trinajstić information content (AvgIpc) is 2.89. The number of nitrogens with zero attached hydrogens (tertiary/aromatic N) is 2. The second-order valence-corrected chi connectivity index (χ2v) is 7.28. The molecule has 108 valence electrons. The molecule has 0 aliphatic heterocycles. The first-order chi connectivity index (χ1) is 9.58. The lowest BCUT2D eigenvalue weighted by Crippen LogP contribution is -2.49. The molecule has 2 unspecified atom stereocenters. The number of rotatable bonds is 3. The van der Waals surface area contributed by atoms with Crippen molar-refractivity contribution in [2.24, 2.45) is 5.73 Å². The fraction of sp³-hybridized carbons (Fsp3) is 0.500. The van der Waals surface area contributed by atoms with E-state index in [1.165, 1.54) is 0 Å². The average molecular weight is 312 g/mol. The van der Waals surface area contributed by atoms with E-state index in [1.54, 1.807) is 18.2 Å². The highest BCUT2D eigenvalue weighted by Crippen LogP contribution is 2.23. The van der Waals surface area contributed by atoms with Crippen molar-refractivity contribution in [3.05, 3.63) is 18.2 Å². The van der Waals surface area contributed by atoms with E-state index >= 15 is 0 Å². The Bertz CT molecular complexity index is 713. The third kappa shape index (κ3) is 2.56. The van der Waals surface area contributed by atoms with Crippen LogP contribution in [0.25, 0.3) is 11.0 Å². The van der Waals surface area contributed by atoms with E-state index in [0.717, 1.165) is 37.4 Å². The van der Waals surface area contributed by atoms with Gasteiger partial charge < -0.3 is 5.73 Å². The van der Waals surface area contributed by atoms with Crippen LogP contribution in [-0.2, 0) is 10.0 Å². The summed E-state index contributed by atoms with van der Waals surface area (Å²) in [6.45, 7) is 0. The van der Waals surface area contributed by atoms with Crippen molar-refractivity contribution in [1.82, 2.24) is 13.5 Å². The zero-order chi connectivity index (χ0) is 14.2. The van der Waals surface area contributed by atoms with Crippen LogP contribution in [0.1, 0.15) is 25.7 Å². The first kappa shape index (κ1) is 13.9. The first-order valence-corrected chi connectivity index (χ1v) is 8.78. The van der Waals surface area contributed by atoms with Gasteiger partial charge in [-0.15, -0.1) is 0 Å². The standard InChI is InChI=1S/C12H16N4O2S2/c13-8-4-1-2-5-9(8)16-20(17,18)11-7-3-6-10-12(11)15-19-14-10/h3,6-9,16H,1-2,4-5,13H2. The molecule has 6 nitrogen and oxygen atoms in total. The van der Waals surface area contributed by atoms with Crippen LogP contribution in [0.15, 0.2) is 23.1 Å². The van der Waals surface area contributed by atoms with Gasteiger partial charge in [-0.3, -0.25) is 0 Å². The quantitative estimate of drug-likeness (QED) is 0.888. The SMILES string of the molecule is NC1CCCCC1NS(=O)(=O)c1cccc2nsnc12. The minimum absolute atomic E-state index is 0.119. The maximum absolute atomic E-state index is 12.5. The molecule has 2 aromatic rings. The summed E-state index contributed by atoms with van der Waals surface area (Å²) in [5, 5.41) is 0. The molecule has 20 heavy (non-hydrogen) atoms. The number of hydrogen-bond donors (Lipinski definition) is 2. The molecule has 1 saturated carbocycles. The Morgan fingerprint density at radius 3 is 2.85 bits per heavy atom. The van der Waals surface area contributed by atoms with Crippen LogP contribution in [0.4, 0.5) is 0 Å². The lowest BCUT2D eigenvalue weighted by Gasteiger charge is -2.29. The van der Waals surface area contributed by atoms with E-state index in [0.29, 0.717) is 11.0 Å². The lowest BCUT2D eigenvalue weighted by atomic mass is 9.92. The van der Waals surface area contributed by atoms with E-state index in [9.17, 15) is 8.42 Å². The minimum Gasteiger partial charge on any atom is -0.326 e. The minimum atomic E-state index is -3.62. The number of aromatic nitrogens is 2. The molecule has 0 amide bonds. The number of benzene rings is 1. The Morgan fingerprint density at radius 2 is 2.05 bits per heavy atom. The molecule has 8 heteroatoms. The summed E-state index contributed by atoms with van der Waals surface area (Å²) in [7, 11) is -3.62. The number of nitrogens with one attached hydrogen (secondary N) is 1. The molecule has 1 heterocycles. The molecule has 1 aliphatic rings. The molecule has 2 atom stereocenters. The van der Waals surface area contributed by atoms with Gasteiger partial charge in [0.2, 0.25) is 10.0 Å². The smallest absolute Gasteiger partial charge is 0.243 e. The van der Waals surface area contributed by atoms with Gasteiger partial charge in [0.05, 0.1) is 11.7 Å². The Kier molecular flexibility index (Phi) is 3.72. The van der Waals surface area contributed by atoms with Gasteiger partial charge in [-0.05, 0) is 25.0 Å². The van der Waals surface area contributed by atoms with E-state index in [2.05, 4.69) is 13.5 Å². The van der Waals surface area contributed by atoms with Crippen molar-refractivity contribution in [2.45, 2.75) is 42.7 Å². The van der Waals surface area contributed by atoms with Gasteiger partial charge in [0.1, 0.15) is 15.9 Å². The number of sulfonamides is 1. The van der Waals surface area contributed by atoms with Crippen molar-refractivity contribution in [2.75, 3.05) is 0 Å². The number of fused-ring (bicyclic) bond motifs is 1. The van der Waals surface area contributed by atoms with Crippen LogP contribution < -0.4 is 10.5 Å². The molecule has 1 aromatic carbocycles. The summed E-state index contributed by atoms with van der Waals surface area (Å²) in [6.07, 6.45) is 3.70. The Hall–Kier alpha value is -1.09. The van der Waals surface area contributed by atoms with Crippen molar-refractivity contribution in [1.29, 1.82) is 0 Å². The summed E-state index contributed by atoms with van der Waals surface area (Å²) < 4.78 is 35.9. The van der Waals surface area contributed by atoms with Crippen LogP contribution in [0.3, 0.4) is 0 Å². The zero-order valence-corrected chi connectivity index (χ0v) is 12.5. The maximum Gasteiger partial charge on any atom is 0.243 e. The van der Waals surface area contributed by atoms with Gasteiger partial charge >= 0.3 is 0 Å². The molecule has 1 fully saturated rings. The molecule has 3 rings (SSSR count). The molecule has 3 N–H and O–H groups in total. The number of nitrogens with two attached hydrogens (primary N) is 1. The largest absolute Gasteiger partial charge is 0.326 e. The Morgan fingerprint density at radius 1 is 1.25 bits per heavy atom. The lowest BCUT2D eigenvalue weighted by molar-refractivity contribution is 0.361. The van der Waals surface area contributed by atoms with Crippen LogP contribution in [0, 0.1) is 0 Å². The predicted octanol–water partition coefficient (Wildman–Crippen LogP) is 1.24. The fourth-order valence-electron chi connectivity index (χ4n) is 2.57. The second-order valence-electron chi connectivity index (χ2n) is 5.06. The fourth-order valence-corrected chi connectivity index (χ4v) is 4.65. The molecule has 1 aliphatic carbocycles. The first-order valence-electron chi connectivity index (χ1n) is 6.57. The molecule has 0 saturated heterocycles. The Balaban J connectivity index is 1.93. The normalized spacial score (nSPS) is 24.1. The van der Waals surface area contributed by atoms with Crippen molar-refractivity contribution < 1.29 is 8.42 Å². The van der Waals surface area contributed by atoms with Crippen LogP contribution in [0.5, 0.6) is 0 Å². The van der Waals surface area contributed by atoms with E-state index in [-0.39, 0.29) is 17.0 Å². The highest BCUT2D eigenvalue weighted by atomic mass is 32.2. The van der Waals surface area contributed by atoms with E-state index < -0.39 is 10.0 Å². The summed E-state index contributed by atoms with van der Waals surface area (Å²) in [5.41, 5.74) is 7.03. The summed E-state index contributed by atoms with van der Waals surface area (Å²) in [4.78, 5) is 0.182. The zero-order valence-electron chi connectivity index (χ0n) is 10.8. The maximum atomic E-state index is 12.5. The van der Waals surface area contributed by atoms with Gasteiger partial charge in [-0.25, -0.2) is 13.1 Å². The topological polar surface area (TPSA) is 98.0 Å². The van der Waals surface area contributed by atoms with Crippen molar-refractivity contribution in [3.63, 3.8) is 0 Å². The summed E-state index contributed by atoms with van der Waals surface area (Å²) >= 11 is 1.01. The van der Waals surface area contributed by atoms with E-state index in [1.807, 2.05) is 0 Å². The molecule has 1 aromatic heterocycles. The molecule has 0 bridgehead atoms. The number of hydrogen-bond acceptors (Lipinski definition) is 6. The molecule has 0 radical (unpaired) electrons. The third-order valence-corrected chi connectivity index (χ3v) is 5.73. The van der Waals surface area contributed by atoms with Crippen molar-refractivity contribution >= 4 is 32.8 Å². The van der Waals surface area contributed by atoms with Gasteiger partial charge in [0.15, 0.2) is 0 Å². The van der Waals surface area contributed by atoms with Crippen molar-refractivity contribution in [3.8, 4) is 0 Å². The van der Waals surface area contributed by atoms with Crippen LogP contribution in [0.2, 0.25) is 0 Å². The van der Waals surface area contributed by atoms with Gasteiger partial charge in [-0.2, -0.15) is 8.75 Å². The molecular weight excluding hydrogens is 296 g/mol. The third-order valence-electron chi connectivity index (χ3n) is 3.66. The molecule has 0 spiro atoms. The highest BCUT2D eigenvalue weighted by molar-refractivity contribution is 7.89. The van der Waals surface area contributed by atoms with Gasteiger partial charge in [-0.1, -0.05) is 18.9 Å². The van der Waals surface area contributed by atoms with Crippen LogP contribution >= 0.6 is 11.7 Å². The molecular formula is C12H16N4O2S2. The summed E-state index contributed by atoms with van der Waals surface area (Å²) in [6, 6.07) is 4.67. The Labute approximate surface area is 121 Å². The van der Waals surface area contributed by atoms with E-state index in [4.69, 9.17) is 5.73 Å². The van der Waals surface area contributed by atoms with Gasteiger partial charge in [0, 0.05) is 12.1 Å².